The summed E-state index contributed by atoms with van der Waals surface area (Å²) in [6.45, 7) is 3.48. The van der Waals surface area contributed by atoms with E-state index in [1.54, 1.807) is 6.92 Å². The predicted octanol–water partition coefficient (Wildman–Crippen LogP) is 5.75. The Hall–Kier alpha value is -2.98. The highest BCUT2D eigenvalue weighted by atomic mass is 19.4. The third-order valence-corrected chi connectivity index (χ3v) is 4.08. The summed E-state index contributed by atoms with van der Waals surface area (Å²) in [4.78, 5) is 16.6. The second kappa shape index (κ2) is 8.64. The van der Waals surface area contributed by atoms with Gasteiger partial charge in [-0.3, -0.25) is 4.79 Å². The second-order valence-corrected chi connectivity index (χ2v) is 6.66. The number of hydrogen-bond acceptors (Lipinski definition) is 2. The molecule has 31 heavy (non-hydrogen) atoms. The number of alkyl halides is 8. The molecular formula is C20H16F8N2O. The molecule has 1 saturated heterocycles. The van der Waals surface area contributed by atoms with Crippen LogP contribution in [-0.4, -0.2) is 35.5 Å². The Labute approximate surface area is 172 Å². The first kappa shape index (κ1) is 24.3. The first-order valence-electron chi connectivity index (χ1n) is 8.67. The number of benzene rings is 1. The van der Waals surface area contributed by atoms with Crippen LogP contribution in [0.3, 0.4) is 0 Å². The number of likely N-dealkylation sites (tertiary alicyclic amines) is 1. The average Bonchev–Trinajstić information content (AvgIpc) is 2.62. The van der Waals surface area contributed by atoms with Gasteiger partial charge in [0, 0.05) is 11.6 Å². The number of carbonyl (C=O) groups is 1. The Morgan fingerprint density at radius 2 is 1.52 bits per heavy atom. The van der Waals surface area contributed by atoms with Gasteiger partial charge in [0.25, 0.3) is 5.92 Å². The van der Waals surface area contributed by atoms with Crippen molar-refractivity contribution >= 4 is 17.3 Å². The van der Waals surface area contributed by atoms with Crippen molar-refractivity contribution in [3.05, 3.63) is 65.8 Å². The van der Waals surface area contributed by atoms with E-state index in [4.69, 9.17) is 0 Å². The molecule has 3 nitrogen and oxygen atoms in total. The van der Waals surface area contributed by atoms with E-state index in [9.17, 15) is 39.9 Å². The molecule has 1 fully saturated rings. The van der Waals surface area contributed by atoms with Gasteiger partial charge in [0.05, 0.1) is 35.6 Å². The van der Waals surface area contributed by atoms with Gasteiger partial charge < -0.3 is 4.90 Å². The minimum atomic E-state index is -5.03. The number of allylic oxidation sites excluding steroid dienone is 3. The van der Waals surface area contributed by atoms with Crippen LogP contribution in [0.1, 0.15) is 23.6 Å². The van der Waals surface area contributed by atoms with Crippen molar-refractivity contribution in [1.29, 1.82) is 0 Å². The molecule has 1 aromatic rings. The lowest BCUT2D eigenvalue weighted by Crippen LogP contribution is -2.58. The fourth-order valence-electron chi connectivity index (χ4n) is 2.57. The highest BCUT2D eigenvalue weighted by Gasteiger charge is 2.45. The van der Waals surface area contributed by atoms with Crippen LogP contribution in [0.5, 0.6) is 0 Å². The topological polar surface area (TPSA) is 32.7 Å². The first-order valence-corrected chi connectivity index (χ1v) is 8.67. The third-order valence-electron chi connectivity index (χ3n) is 4.08. The van der Waals surface area contributed by atoms with Crippen LogP contribution in [0.2, 0.25) is 0 Å². The Morgan fingerprint density at radius 1 is 1.00 bits per heavy atom. The molecule has 11 heteroatoms. The van der Waals surface area contributed by atoms with Crippen LogP contribution in [-0.2, 0) is 17.1 Å². The molecule has 0 N–H and O–H groups in total. The van der Waals surface area contributed by atoms with Crippen LogP contribution < -0.4 is 0 Å². The van der Waals surface area contributed by atoms with Crippen molar-refractivity contribution in [3.8, 4) is 0 Å². The summed E-state index contributed by atoms with van der Waals surface area (Å²) in [5.41, 5.74) is -4.01. The zero-order valence-corrected chi connectivity index (χ0v) is 16.0. The summed E-state index contributed by atoms with van der Waals surface area (Å²) in [5, 5.41) is 0. The van der Waals surface area contributed by atoms with Crippen LogP contribution in [0, 0.1) is 0 Å². The van der Waals surface area contributed by atoms with E-state index in [1.165, 1.54) is 12.2 Å². The largest absolute Gasteiger partial charge is 0.416 e. The van der Waals surface area contributed by atoms with Crippen molar-refractivity contribution in [2.45, 2.75) is 25.2 Å². The molecule has 0 unspecified atom stereocenters. The molecule has 0 aromatic heterocycles. The van der Waals surface area contributed by atoms with Gasteiger partial charge in [-0.05, 0) is 37.3 Å². The number of carbonyl (C=O) groups excluding carboxylic acids is 1. The molecule has 0 saturated carbocycles. The lowest BCUT2D eigenvalue weighted by Gasteiger charge is -2.37. The molecule has 0 spiro atoms. The van der Waals surface area contributed by atoms with Gasteiger partial charge in [0.1, 0.15) is 0 Å². The maximum absolute atomic E-state index is 13.0. The zero-order chi connectivity index (χ0) is 23.6. The number of aliphatic imine (C=N–C) groups is 1. The third kappa shape index (κ3) is 6.50. The second-order valence-electron chi connectivity index (χ2n) is 6.66. The van der Waals surface area contributed by atoms with Crippen molar-refractivity contribution in [3.63, 3.8) is 0 Å². The number of amides is 1. The van der Waals surface area contributed by atoms with E-state index >= 15 is 0 Å². The normalized spacial score (nSPS) is 17.3. The van der Waals surface area contributed by atoms with Crippen LogP contribution >= 0.6 is 0 Å². The Kier molecular flexibility index (Phi) is 6.77. The molecule has 1 amide bonds. The van der Waals surface area contributed by atoms with Crippen LogP contribution in [0.25, 0.3) is 5.70 Å². The van der Waals surface area contributed by atoms with E-state index in [1.807, 2.05) is 0 Å². The first-order chi connectivity index (χ1) is 14.1. The van der Waals surface area contributed by atoms with Gasteiger partial charge in [-0.2, -0.15) is 26.3 Å². The molecule has 2 rings (SSSR count). The summed E-state index contributed by atoms with van der Waals surface area (Å²) >= 11 is 0. The van der Waals surface area contributed by atoms with E-state index < -0.39 is 59.7 Å². The molecule has 1 aromatic carbocycles. The molecule has 168 valence electrons. The van der Waals surface area contributed by atoms with Gasteiger partial charge in [-0.1, -0.05) is 12.7 Å². The molecule has 0 radical (unpaired) electrons. The monoisotopic (exact) mass is 452 g/mol. The van der Waals surface area contributed by atoms with Gasteiger partial charge in [-0.25, -0.2) is 13.8 Å². The number of halogens is 8. The summed E-state index contributed by atoms with van der Waals surface area (Å²) in [7, 11) is 0. The summed E-state index contributed by atoms with van der Waals surface area (Å²) < 4.78 is 104. The summed E-state index contributed by atoms with van der Waals surface area (Å²) in [5.74, 6) is -3.70. The van der Waals surface area contributed by atoms with Gasteiger partial charge >= 0.3 is 12.4 Å². The van der Waals surface area contributed by atoms with Crippen molar-refractivity contribution in [1.82, 2.24) is 4.90 Å². The standard InChI is InChI=1S/C20H16F8N2O/c1-3-4-16(5-6-17(31)30-10-18(21,22)11-30)29-12(2)13-7-14(19(23,24)25)9-15(8-13)20(26,27)28/h3-9H,2,10-11H2,1H3/b4-3-,6-5+,29-16?. The highest BCUT2D eigenvalue weighted by Crippen LogP contribution is 2.37. The van der Waals surface area contributed by atoms with Gasteiger partial charge in [0.15, 0.2) is 0 Å². The lowest BCUT2D eigenvalue weighted by atomic mass is 10.0. The molecule has 1 heterocycles. The lowest BCUT2D eigenvalue weighted by molar-refractivity contribution is -0.160. The van der Waals surface area contributed by atoms with E-state index in [0.717, 1.165) is 17.1 Å². The molecule has 0 bridgehead atoms. The maximum Gasteiger partial charge on any atom is 0.416 e. The summed E-state index contributed by atoms with van der Waals surface area (Å²) in [6.07, 6.45) is -5.27. The van der Waals surface area contributed by atoms with Crippen molar-refractivity contribution < 1.29 is 39.9 Å². The van der Waals surface area contributed by atoms with E-state index in [-0.39, 0.29) is 11.8 Å². The average molecular weight is 452 g/mol. The van der Waals surface area contributed by atoms with E-state index in [0.29, 0.717) is 12.1 Å². The molecular weight excluding hydrogens is 436 g/mol. The number of nitrogens with zero attached hydrogens (tertiary/aromatic N) is 2. The highest BCUT2D eigenvalue weighted by molar-refractivity contribution is 6.09. The number of rotatable bonds is 5. The smallest absolute Gasteiger partial charge is 0.327 e. The molecule has 0 atom stereocenters. The molecule has 1 aliphatic heterocycles. The maximum atomic E-state index is 13.0. The number of hydrogen-bond donors (Lipinski definition) is 0. The Balaban J connectivity index is 2.34. The van der Waals surface area contributed by atoms with Crippen LogP contribution in [0.15, 0.2) is 54.1 Å². The minimum absolute atomic E-state index is 0.0191. The zero-order valence-electron chi connectivity index (χ0n) is 16.0. The quantitative estimate of drug-likeness (QED) is 0.318. The van der Waals surface area contributed by atoms with Gasteiger partial charge in [0.2, 0.25) is 5.91 Å². The fourth-order valence-corrected chi connectivity index (χ4v) is 2.57. The van der Waals surface area contributed by atoms with Gasteiger partial charge in [-0.15, -0.1) is 0 Å². The SMILES string of the molecule is C=C(N=C(/C=C\C)/C=C/C(=O)N1CC(F)(F)C1)c1cc(C(F)(F)F)cc(C(F)(F)F)c1. The summed E-state index contributed by atoms with van der Waals surface area (Å²) in [6, 6.07) is 0.936. The van der Waals surface area contributed by atoms with Crippen molar-refractivity contribution in [2.75, 3.05) is 13.1 Å². The van der Waals surface area contributed by atoms with Crippen molar-refractivity contribution in [2.24, 2.45) is 4.99 Å². The fraction of sp³-hybridized carbons (Fsp3) is 0.300. The Morgan fingerprint density at radius 3 is 1.94 bits per heavy atom. The molecule has 0 aliphatic carbocycles. The molecule has 1 aliphatic rings. The minimum Gasteiger partial charge on any atom is -0.327 e. The van der Waals surface area contributed by atoms with Crippen LogP contribution in [0.4, 0.5) is 35.1 Å². The predicted molar refractivity (Wildman–Crippen MR) is 98.4 cm³/mol. The van der Waals surface area contributed by atoms with E-state index in [2.05, 4.69) is 11.6 Å². The Bertz CT molecular complexity index is 915.